The van der Waals surface area contributed by atoms with Gasteiger partial charge in [0.1, 0.15) is 24.4 Å². The molecule has 1 aliphatic heterocycles. The van der Waals surface area contributed by atoms with Crippen LogP contribution in [0.2, 0.25) is 0 Å². The van der Waals surface area contributed by atoms with Crippen molar-refractivity contribution in [3.05, 3.63) is 12.3 Å². The number of aliphatic hydroxyl groups excluding tert-OH is 1. The van der Waals surface area contributed by atoms with Crippen molar-refractivity contribution in [3.63, 3.8) is 0 Å². The predicted molar refractivity (Wildman–Crippen MR) is 65.5 cm³/mol. The van der Waals surface area contributed by atoms with Gasteiger partial charge in [0.25, 0.3) is 0 Å². The van der Waals surface area contributed by atoms with Crippen LogP contribution in [0, 0.1) is 5.41 Å². The van der Waals surface area contributed by atoms with Crippen molar-refractivity contribution < 1.29 is 28.2 Å². The number of rotatable bonds is 6. The third-order valence-electron chi connectivity index (χ3n) is 2.44. The number of ether oxygens (including phenoxy) is 2. The van der Waals surface area contributed by atoms with Gasteiger partial charge in [-0.3, -0.25) is 10.2 Å². The molecule has 10 heteroatoms. The maximum atomic E-state index is 13.7. The van der Waals surface area contributed by atoms with Crippen molar-refractivity contribution in [3.8, 4) is 0 Å². The molecule has 0 spiro atoms. The normalized spacial score (nSPS) is 28.5. The van der Waals surface area contributed by atoms with E-state index in [-0.39, 0.29) is 5.84 Å². The summed E-state index contributed by atoms with van der Waals surface area (Å²) >= 11 is 5.18. The smallest absolute Gasteiger partial charge is 0.320 e. The van der Waals surface area contributed by atoms with Crippen molar-refractivity contribution >= 4 is 23.4 Å². The zero-order valence-electron chi connectivity index (χ0n) is 10.2. The van der Waals surface area contributed by atoms with Crippen molar-refractivity contribution in [2.24, 2.45) is 5.73 Å². The highest BCUT2D eigenvalue weighted by molar-refractivity contribution is 6.26. The first-order valence-corrected chi connectivity index (χ1v) is 6.02. The summed E-state index contributed by atoms with van der Waals surface area (Å²) in [7, 11) is 0. The lowest BCUT2D eigenvalue weighted by atomic mass is 10.1. The molecule has 5 N–H and O–H groups in total. The second-order valence-corrected chi connectivity index (χ2v) is 4.21. The van der Waals surface area contributed by atoms with Gasteiger partial charge in [-0.05, 0) is 6.08 Å². The maximum absolute atomic E-state index is 13.7. The standard InChI is InChI=1S/C10H14ClF2N3O4/c11-3-7(17)19-4-5-8(18)10(12,13)9(20-5)16-2-1-6(14)15/h1-2,5,8-9,16,18H,3-4H2,(H3,14,15)/b2-1-/t5-,8?,9-/m1/s1. The molecule has 0 aromatic rings. The average molecular weight is 314 g/mol. The molecule has 0 aliphatic carbocycles. The largest absolute Gasteiger partial charge is 0.462 e. The summed E-state index contributed by atoms with van der Waals surface area (Å²) in [6.45, 7) is -0.545. The summed E-state index contributed by atoms with van der Waals surface area (Å²) in [5, 5.41) is 18.5. The zero-order valence-corrected chi connectivity index (χ0v) is 10.9. The minimum atomic E-state index is -3.60. The van der Waals surface area contributed by atoms with Crippen LogP contribution in [0.5, 0.6) is 0 Å². The fourth-order valence-electron chi connectivity index (χ4n) is 1.46. The number of nitrogens with one attached hydrogen (secondary N) is 2. The molecule has 1 aliphatic rings. The van der Waals surface area contributed by atoms with E-state index in [0.717, 1.165) is 12.3 Å². The van der Waals surface area contributed by atoms with E-state index < -0.39 is 42.8 Å². The number of nitrogens with two attached hydrogens (primary N) is 1. The summed E-state index contributed by atoms with van der Waals surface area (Å²) in [6, 6.07) is 0. The second-order valence-electron chi connectivity index (χ2n) is 3.95. The van der Waals surface area contributed by atoms with Gasteiger partial charge in [-0.15, -0.1) is 11.6 Å². The Hall–Kier alpha value is -1.45. The Morgan fingerprint density at radius 2 is 2.30 bits per heavy atom. The molecule has 114 valence electrons. The number of hydrogen-bond acceptors (Lipinski definition) is 6. The minimum Gasteiger partial charge on any atom is -0.462 e. The number of amidine groups is 1. The van der Waals surface area contributed by atoms with Crippen LogP contribution in [0.4, 0.5) is 8.78 Å². The molecule has 0 bridgehead atoms. The fourth-order valence-corrected chi connectivity index (χ4v) is 1.54. The van der Waals surface area contributed by atoms with Crippen LogP contribution < -0.4 is 11.1 Å². The minimum absolute atomic E-state index is 0.341. The monoisotopic (exact) mass is 313 g/mol. The molecule has 0 saturated carbocycles. The van der Waals surface area contributed by atoms with E-state index in [1.807, 2.05) is 0 Å². The zero-order chi connectivity index (χ0) is 15.3. The predicted octanol–water partition coefficient (Wildman–Crippen LogP) is -0.471. The van der Waals surface area contributed by atoms with Crippen LogP contribution in [0.15, 0.2) is 12.3 Å². The molecule has 0 aromatic heterocycles. The number of aliphatic hydroxyl groups is 1. The second kappa shape index (κ2) is 6.82. The summed E-state index contributed by atoms with van der Waals surface area (Å²) in [4.78, 5) is 10.8. The average Bonchev–Trinajstić information content (AvgIpc) is 2.59. The third-order valence-corrected chi connectivity index (χ3v) is 2.65. The first-order chi connectivity index (χ1) is 9.28. The molecule has 3 atom stereocenters. The van der Waals surface area contributed by atoms with Crippen molar-refractivity contribution in [2.45, 2.75) is 24.4 Å². The summed E-state index contributed by atoms with van der Waals surface area (Å²) in [6.07, 6.45) is -3.32. The van der Waals surface area contributed by atoms with E-state index in [0.29, 0.717) is 0 Å². The van der Waals surface area contributed by atoms with E-state index >= 15 is 0 Å². The molecule has 0 amide bonds. The van der Waals surface area contributed by atoms with Gasteiger partial charge in [0.05, 0.1) is 0 Å². The van der Waals surface area contributed by atoms with Crippen LogP contribution in [-0.2, 0) is 14.3 Å². The van der Waals surface area contributed by atoms with Crippen molar-refractivity contribution in [1.82, 2.24) is 5.32 Å². The van der Waals surface area contributed by atoms with Crippen LogP contribution in [0.1, 0.15) is 0 Å². The molecule has 1 fully saturated rings. The third kappa shape index (κ3) is 4.02. The fraction of sp³-hybridized carbons (Fsp3) is 0.600. The summed E-state index contributed by atoms with van der Waals surface area (Å²) < 4.78 is 36.7. The topological polar surface area (TPSA) is 118 Å². The van der Waals surface area contributed by atoms with Gasteiger partial charge >= 0.3 is 11.9 Å². The van der Waals surface area contributed by atoms with Crippen molar-refractivity contribution in [1.29, 1.82) is 5.41 Å². The lowest BCUT2D eigenvalue weighted by Gasteiger charge is -2.19. The molecule has 1 unspecified atom stereocenters. The first kappa shape index (κ1) is 16.6. The Labute approximate surface area is 118 Å². The van der Waals surface area contributed by atoms with Gasteiger partial charge in [0.2, 0.25) is 0 Å². The number of halogens is 3. The van der Waals surface area contributed by atoms with Gasteiger partial charge < -0.3 is 25.6 Å². The molecule has 0 radical (unpaired) electrons. The van der Waals surface area contributed by atoms with Crippen molar-refractivity contribution in [2.75, 3.05) is 12.5 Å². The highest BCUT2D eigenvalue weighted by Crippen LogP contribution is 2.35. The first-order valence-electron chi connectivity index (χ1n) is 5.48. The Morgan fingerprint density at radius 1 is 1.65 bits per heavy atom. The molecule has 20 heavy (non-hydrogen) atoms. The van der Waals surface area contributed by atoms with Crippen LogP contribution in [0.3, 0.4) is 0 Å². The quantitative estimate of drug-likeness (QED) is 0.228. The Bertz CT molecular complexity index is 408. The lowest BCUT2D eigenvalue weighted by molar-refractivity contribution is -0.146. The van der Waals surface area contributed by atoms with Crippen LogP contribution in [0.25, 0.3) is 0 Å². The number of carbonyl (C=O) groups excluding carboxylic acids is 1. The maximum Gasteiger partial charge on any atom is 0.320 e. The number of carbonyl (C=O) groups is 1. The Balaban J connectivity index is 2.61. The lowest BCUT2D eigenvalue weighted by Crippen LogP contribution is -2.45. The summed E-state index contributed by atoms with van der Waals surface area (Å²) in [5.41, 5.74) is 5.00. The SMILES string of the molecule is N=C(N)/C=C\N[C@@H]1O[C@H](COC(=O)CCl)C(O)C1(F)F. The van der Waals surface area contributed by atoms with Gasteiger partial charge in [-0.1, -0.05) is 0 Å². The van der Waals surface area contributed by atoms with Gasteiger partial charge in [0.15, 0.2) is 12.3 Å². The van der Waals surface area contributed by atoms with E-state index in [4.69, 9.17) is 27.5 Å². The summed E-state index contributed by atoms with van der Waals surface area (Å²) in [5.74, 6) is -5.17. The molecule has 1 saturated heterocycles. The molecule has 1 rings (SSSR count). The van der Waals surface area contributed by atoms with Gasteiger partial charge in [0, 0.05) is 6.20 Å². The highest BCUT2D eigenvalue weighted by atomic mass is 35.5. The van der Waals surface area contributed by atoms with E-state index in [2.05, 4.69) is 10.1 Å². The Morgan fingerprint density at radius 3 is 2.85 bits per heavy atom. The number of alkyl halides is 3. The molecular weight excluding hydrogens is 300 g/mol. The van der Waals surface area contributed by atoms with E-state index in [1.165, 1.54) is 0 Å². The van der Waals surface area contributed by atoms with E-state index in [1.54, 1.807) is 0 Å². The van der Waals surface area contributed by atoms with Crippen LogP contribution >= 0.6 is 11.6 Å². The Kier molecular flexibility index (Phi) is 5.66. The molecule has 1 heterocycles. The number of esters is 1. The van der Waals surface area contributed by atoms with Crippen LogP contribution in [-0.4, -0.2) is 53.8 Å². The molecule has 7 nitrogen and oxygen atoms in total. The number of hydrogen-bond donors (Lipinski definition) is 4. The van der Waals surface area contributed by atoms with E-state index in [9.17, 15) is 18.7 Å². The molecular formula is C10H14ClF2N3O4. The molecule has 0 aromatic carbocycles. The van der Waals surface area contributed by atoms with Gasteiger partial charge in [-0.25, -0.2) is 0 Å². The highest BCUT2D eigenvalue weighted by Gasteiger charge is 2.58. The van der Waals surface area contributed by atoms with Gasteiger partial charge in [-0.2, -0.15) is 8.78 Å².